The van der Waals surface area contributed by atoms with Gasteiger partial charge in [-0.3, -0.25) is 28.2 Å². The Morgan fingerprint density at radius 1 is 0.865 bits per heavy atom. The lowest BCUT2D eigenvalue weighted by Gasteiger charge is -2.49. The van der Waals surface area contributed by atoms with Crippen molar-refractivity contribution < 1.29 is 108 Å². The van der Waals surface area contributed by atoms with Crippen LogP contribution < -0.4 is 16.0 Å². The van der Waals surface area contributed by atoms with Gasteiger partial charge >= 0.3 is 26.8 Å². The quantitative estimate of drug-likeness (QED) is 0.0340. The van der Waals surface area contributed by atoms with E-state index in [2.05, 4.69) is 34.6 Å². The van der Waals surface area contributed by atoms with Crippen molar-refractivity contribution in [2.75, 3.05) is 32.9 Å². The Balaban J connectivity index is 1.33. The molecule has 2 aliphatic carbocycles. The Kier molecular flexibility index (Phi) is 22.4. The molecule has 1 aromatic rings. The number of nitrogens with zero attached hydrogens (tertiary/aromatic N) is 3. The standard InChI is InChI=1S/C43H72N6O23S2/c1-5-25-15-26(38(56)44-12-13-45-39(57)27-17-49(48-47-27)19-43(6-2,20-66-73(60,61)62)21-67-74(63,64)65)16-28(36(25)72-42-35(55)34(54)32(52)22(3)68-42)70-41-31(46-23(4)51)37(33(53)30(18-50)71-41)69-29(40(58)59)14-24-10-8-7-9-11-24/h17,22,24-26,28-37,41-42,50,52-55H,5-16,18-21H2,1-4H3,(H,44,56)(H,45,57)(H,46,51)(H,58,59)(H,60,61,62)(H,63,64,65)/t22?,25?,26?,28-,29+,30+,31?,32-,33+,34+,35?,36-,37?,41-,42+/m1/s1. The Bertz CT molecular complexity index is 2200. The van der Waals surface area contributed by atoms with Crippen LogP contribution in [0.1, 0.15) is 102 Å². The summed E-state index contributed by atoms with van der Waals surface area (Å²) in [6.07, 6.45) is -11.3. The number of rotatable bonds is 26. The largest absolute Gasteiger partial charge is 0.479 e. The highest BCUT2D eigenvalue weighted by molar-refractivity contribution is 7.81. The Labute approximate surface area is 428 Å². The van der Waals surface area contributed by atoms with Crippen LogP contribution in [0, 0.1) is 23.2 Å². The highest BCUT2D eigenvalue weighted by Gasteiger charge is 2.53. The molecule has 0 radical (unpaired) electrons. The highest BCUT2D eigenvalue weighted by Crippen LogP contribution is 2.40. The Morgan fingerprint density at radius 2 is 1.51 bits per heavy atom. The number of hydrogen-bond donors (Lipinski definition) is 11. The number of aliphatic hydroxyl groups excluding tert-OH is 5. The van der Waals surface area contributed by atoms with Gasteiger partial charge in [-0.1, -0.05) is 57.6 Å². The van der Waals surface area contributed by atoms with Crippen LogP contribution in [0.2, 0.25) is 0 Å². The van der Waals surface area contributed by atoms with E-state index < -0.39 is 161 Å². The molecular weight excluding hydrogens is 1030 g/mol. The first kappa shape index (κ1) is 61.2. The van der Waals surface area contributed by atoms with Gasteiger partial charge in [0.25, 0.3) is 5.91 Å². The second-order valence-corrected chi connectivity index (χ2v) is 21.7. The van der Waals surface area contributed by atoms with Crippen LogP contribution in [0.15, 0.2) is 6.20 Å². The third kappa shape index (κ3) is 17.2. The number of carbonyl (C=O) groups excluding carboxylic acids is 3. The van der Waals surface area contributed by atoms with Gasteiger partial charge in [0.05, 0.1) is 50.9 Å². The Morgan fingerprint density at radius 3 is 2.09 bits per heavy atom. The number of aliphatic hydroxyl groups is 5. The molecule has 5 rings (SSSR count). The number of carboxylic acid groups (broad SMARTS) is 1. The summed E-state index contributed by atoms with van der Waals surface area (Å²) in [5, 5.41) is 79.9. The molecule has 3 heterocycles. The van der Waals surface area contributed by atoms with Gasteiger partial charge in [0, 0.05) is 31.3 Å². The number of amides is 3. The van der Waals surface area contributed by atoms with Gasteiger partial charge in [-0.2, -0.15) is 16.8 Å². The van der Waals surface area contributed by atoms with Crippen molar-refractivity contribution in [1.82, 2.24) is 30.9 Å². The summed E-state index contributed by atoms with van der Waals surface area (Å²) >= 11 is 0. The molecule has 1 aromatic heterocycles. The minimum atomic E-state index is -5.00. The predicted octanol–water partition coefficient (Wildman–Crippen LogP) is -2.41. The number of ether oxygens (including phenoxy) is 5. The number of aliphatic carboxylic acids is 1. The second-order valence-electron chi connectivity index (χ2n) is 19.5. The summed E-state index contributed by atoms with van der Waals surface area (Å²) in [5.41, 5.74) is -1.80. The van der Waals surface area contributed by atoms with E-state index in [1.807, 2.05) is 0 Å². The van der Waals surface area contributed by atoms with E-state index in [0.29, 0.717) is 6.42 Å². The van der Waals surface area contributed by atoms with Gasteiger partial charge in [-0.05, 0) is 44.4 Å². The molecule has 0 bridgehead atoms. The fourth-order valence-electron chi connectivity index (χ4n) is 9.84. The molecule has 2 aliphatic heterocycles. The molecular formula is C43H72N6O23S2. The topological polar surface area (TPSA) is 430 Å². The van der Waals surface area contributed by atoms with Crippen LogP contribution in [-0.2, 0) is 73.8 Å². The summed E-state index contributed by atoms with van der Waals surface area (Å²) in [5.74, 6) is -4.62. The summed E-state index contributed by atoms with van der Waals surface area (Å²) in [6.45, 7) is 2.84. The normalized spacial score (nSPS) is 31.8. The van der Waals surface area contributed by atoms with Crippen molar-refractivity contribution in [2.24, 2.45) is 23.2 Å². The zero-order valence-corrected chi connectivity index (χ0v) is 43.1. The molecule has 31 heteroatoms. The lowest BCUT2D eigenvalue weighted by atomic mass is 9.75. The number of hydrogen-bond acceptors (Lipinski definition) is 22. The van der Waals surface area contributed by atoms with Crippen LogP contribution in [0.25, 0.3) is 0 Å². The number of nitrogens with one attached hydrogen (secondary N) is 3. The van der Waals surface area contributed by atoms with Gasteiger partial charge in [-0.15, -0.1) is 5.10 Å². The van der Waals surface area contributed by atoms with E-state index in [4.69, 9.17) is 32.8 Å². The fraction of sp³-hybridized carbons (Fsp3) is 0.860. The van der Waals surface area contributed by atoms with Crippen molar-refractivity contribution in [3.63, 3.8) is 0 Å². The third-order valence-corrected chi connectivity index (χ3v) is 14.9. The monoisotopic (exact) mass is 1100 g/mol. The zero-order valence-electron chi connectivity index (χ0n) is 41.5. The van der Waals surface area contributed by atoms with E-state index in [1.54, 1.807) is 6.92 Å². The fourth-order valence-corrected chi connectivity index (χ4v) is 10.6. The van der Waals surface area contributed by atoms with E-state index in [0.717, 1.165) is 43.0 Å². The average molecular weight is 1110 g/mol. The maximum absolute atomic E-state index is 14.0. The van der Waals surface area contributed by atoms with Gasteiger partial charge < -0.3 is 70.3 Å². The first-order valence-corrected chi connectivity index (χ1v) is 27.3. The minimum absolute atomic E-state index is 0.0198. The molecule has 2 saturated heterocycles. The second kappa shape index (κ2) is 27.1. The van der Waals surface area contributed by atoms with Crippen LogP contribution >= 0.6 is 0 Å². The molecule has 29 nitrogen and oxygen atoms in total. The molecule has 4 aliphatic rings. The average Bonchev–Trinajstić information content (AvgIpc) is 3.82. The van der Waals surface area contributed by atoms with Gasteiger partial charge in [0.2, 0.25) is 11.8 Å². The van der Waals surface area contributed by atoms with Gasteiger partial charge in [-0.25, -0.2) is 13.2 Å². The highest BCUT2D eigenvalue weighted by atomic mass is 32.3. The molecule has 15 atom stereocenters. The molecule has 0 aromatic carbocycles. The van der Waals surface area contributed by atoms with E-state index in [-0.39, 0.29) is 56.9 Å². The van der Waals surface area contributed by atoms with Crippen LogP contribution in [0.4, 0.5) is 0 Å². The summed E-state index contributed by atoms with van der Waals surface area (Å²) in [7, 11) is -9.99. The third-order valence-electron chi connectivity index (χ3n) is 14.1. The number of carboxylic acids is 1. The minimum Gasteiger partial charge on any atom is -0.479 e. The molecule has 74 heavy (non-hydrogen) atoms. The SMILES string of the molecule is CCC1CC(C(=O)NCCNC(=O)c2cn(CC(CC)(COS(=O)(=O)O)COS(=O)(=O)O)nn2)C[C@@H](O[C@@H]2O[C@@H](CO)[C@H](O)C(O[C@@H](CC3CCCCC3)C(=O)O)C2NC(C)=O)[C@@H]1O[C@@H]1OC(C)[C@@H](O)[C@H](O)C1O. The first-order chi connectivity index (χ1) is 34.8. The lowest BCUT2D eigenvalue weighted by Crippen LogP contribution is -2.67. The van der Waals surface area contributed by atoms with Crippen LogP contribution in [0.5, 0.6) is 0 Å². The first-order valence-electron chi connectivity index (χ1n) is 24.6. The summed E-state index contributed by atoms with van der Waals surface area (Å²) in [6, 6.07) is -1.40. The van der Waals surface area contributed by atoms with Crippen LogP contribution in [0.3, 0.4) is 0 Å². The molecule has 0 spiro atoms. The van der Waals surface area contributed by atoms with Crippen molar-refractivity contribution in [2.45, 2.75) is 178 Å². The maximum atomic E-state index is 14.0. The van der Waals surface area contributed by atoms with Crippen LogP contribution in [-0.4, -0.2) is 208 Å². The summed E-state index contributed by atoms with van der Waals surface area (Å²) < 4.78 is 105. The van der Waals surface area contributed by atoms with Crippen molar-refractivity contribution in [3.8, 4) is 0 Å². The van der Waals surface area contributed by atoms with E-state index >= 15 is 0 Å². The predicted molar refractivity (Wildman–Crippen MR) is 249 cm³/mol. The molecule has 6 unspecified atom stereocenters. The maximum Gasteiger partial charge on any atom is 0.397 e. The van der Waals surface area contributed by atoms with Gasteiger partial charge in [0.1, 0.15) is 42.7 Å². The molecule has 11 N–H and O–H groups in total. The van der Waals surface area contributed by atoms with Crippen molar-refractivity contribution in [3.05, 3.63) is 11.9 Å². The lowest BCUT2D eigenvalue weighted by molar-refractivity contribution is -0.338. The number of aromatic nitrogens is 3. The molecule has 424 valence electrons. The van der Waals surface area contributed by atoms with Gasteiger partial charge in [0.15, 0.2) is 24.4 Å². The number of carbonyl (C=O) groups is 4. The summed E-state index contributed by atoms with van der Waals surface area (Å²) in [4.78, 5) is 52.6. The zero-order chi connectivity index (χ0) is 54.7. The molecule has 3 amide bonds. The van der Waals surface area contributed by atoms with E-state index in [9.17, 15) is 66.7 Å². The van der Waals surface area contributed by atoms with Crippen molar-refractivity contribution >= 4 is 44.5 Å². The Hall–Kier alpha value is -3.64. The smallest absolute Gasteiger partial charge is 0.397 e. The van der Waals surface area contributed by atoms with Crippen molar-refractivity contribution in [1.29, 1.82) is 0 Å². The molecule has 4 fully saturated rings. The molecule has 2 saturated carbocycles. The van der Waals surface area contributed by atoms with E-state index in [1.165, 1.54) is 20.8 Å².